The first kappa shape index (κ1) is 21.8. The van der Waals surface area contributed by atoms with E-state index < -0.39 is 10.0 Å². The van der Waals surface area contributed by atoms with Gasteiger partial charge in [0.25, 0.3) is 5.91 Å². The van der Waals surface area contributed by atoms with Gasteiger partial charge < -0.3 is 15.4 Å². The Morgan fingerprint density at radius 2 is 1.80 bits per heavy atom. The number of rotatable bonds is 5. The molecule has 2 aliphatic rings. The van der Waals surface area contributed by atoms with Gasteiger partial charge in [0.15, 0.2) is 5.65 Å². The molecule has 2 N–H and O–H groups in total. The van der Waals surface area contributed by atoms with Crippen molar-refractivity contribution in [2.45, 2.75) is 11.4 Å². The number of carbonyl (C=O) groups is 1. The first-order chi connectivity index (χ1) is 17.0. The van der Waals surface area contributed by atoms with E-state index in [1.807, 2.05) is 40.9 Å². The third-order valence-electron chi connectivity index (χ3n) is 6.38. The summed E-state index contributed by atoms with van der Waals surface area (Å²) in [6.07, 6.45) is 3.63. The van der Waals surface area contributed by atoms with Crippen LogP contribution < -0.4 is 10.6 Å². The summed E-state index contributed by atoms with van der Waals surface area (Å²) in [6.45, 7) is 2.09. The standard InChI is InChI=1S/C25H23N5O4S/c31-25-21-6-1-17(15-18(21)16-27-25)23-8-7-22(24-26-9-10-30(23)24)28-19-2-4-20(5-3-19)35(32,33)29-11-13-34-14-12-29/h1-10,15,28H,11-14,16H2,(H,27,31). The zero-order valence-corrected chi connectivity index (χ0v) is 19.6. The molecular weight excluding hydrogens is 466 g/mol. The van der Waals surface area contributed by atoms with Crippen molar-refractivity contribution in [2.24, 2.45) is 0 Å². The van der Waals surface area contributed by atoms with Crippen LogP contribution in [-0.4, -0.2) is 54.3 Å². The molecule has 2 aliphatic heterocycles. The van der Waals surface area contributed by atoms with Crippen LogP contribution in [0.25, 0.3) is 16.9 Å². The number of imidazole rings is 1. The van der Waals surface area contributed by atoms with Gasteiger partial charge in [0, 0.05) is 43.3 Å². The lowest BCUT2D eigenvalue weighted by molar-refractivity contribution is 0.0730. The minimum absolute atomic E-state index is 0.0392. The van der Waals surface area contributed by atoms with E-state index in [9.17, 15) is 13.2 Å². The Morgan fingerprint density at radius 3 is 2.60 bits per heavy atom. The Hall–Kier alpha value is -3.73. The van der Waals surface area contributed by atoms with Crippen LogP contribution in [-0.2, 0) is 21.3 Å². The SMILES string of the molecule is O=C1NCc2cc(-c3ccc(Nc4ccc(S(=O)(=O)N5CCOCC5)cc4)c4nccn34)ccc21. The third-order valence-corrected chi connectivity index (χ3v) is 8.29. The van der Waals surface area contributed by atoms with Gasteiger partial charge in [0.05, 0.1) is 29.5 Å². The lowest BCUT2D eigenvalue weighted by Crippen LogP contribution is -2.40. The smallest absolute Gasteiger partial charge is 0.251 e. The average molecular weight is 490 g/mol. The number of benzene rings is 2. The summed E-state index contributed by atoms with van der Waals surface area (Å²) in [5.74, 6) is -0.0392. The number of morpholine rings is 1. The van der Waals surface area contributed by atoms with Crippen LogP contribution in [0.2, 0.25) is 0 Å². The van der Waals surface area contributed by atoms with E-state index in [1.165, 1.54) is 4.31 Å². The Kier molecular flexibility index (Phi) is 5.28. The predicted octanol–water partition coefficient (Wildman–Crippen LogP) is 3.01. The molecule has 35 heavy (non-hydrogen) atoms. The summed E-state index contributed by atoms with van der Waals surface area (Å²) in [4.78, 5) is 16.7. The normalized spacial score (nSPS) is 16.3. The summed E-state index contributed by atoms with van der Waals surface area (Å²) in [7, 11) is -3.54. The van der Waals surface area contributed by atoms with Crippen LogP contribution in [0, 0.1) is 0 Å². The second kappa shape index (κ2) is 8.49. The number of ether oxygens (including phenoxy) is 1. The molecule has 10 heteroatoms. The maximum Gasteiger partial charge on any atom is 0.251 e. The monoisotopic (exact) mass is 489 g/mol. The third kappa shape index (κ3) is 3.85. The highest BCUT2D eigenvalue weighted by Gasteiger charge is 2.26. The Bertz CT molecular complexity index is 1540. The molecule has 178 valence electrons. The van der Waals surface area contributed by atoms with Gasteiger partial charge in [-0.2, -0.15) is 4.31 Å². The first-order valence-electron chi connectivity index (χ1n) is 11.3. The zero-order chi connectivity index (χ0) is 24.0. The van der Waals surface area contributed by atoms with Crippen molar-refractivity contribution < 1.29 is 17.9 Å². The van der Waals surface area contributed by atoms with E-state index in [-0.39, 0.29) is 10.8 Å². The number of nitrogens with one attached hydrogen (secondary N) is 2. The van der Waals surface area contributed by atoms with Crippen molar-refractivity contribution in [3.63, 3.8) is 0 Å². The molecule has 9 nitrogen and oxygen atoms in total. The molecule has 0 saturated carbocycles. The fraction of sp³-hybridized carbons (Fsp3) is 0.200. The lowest BCUT2D eigenvalue weighted by Gasteiger charge is -2.26. The van der Waals surface area contributed by atoms with Crippen molar-refractivity contribution >= 4 is 33.0 Å². The first-order valence-corrected chi connectivity index (χ1v) is 12.8. The van der Waals surface area contributed by atoms with E-state index in [1.54, 1.807) is 30.5 Å². The summed E-state index contributed by atoms with van der Waals surface area (Å²) in [5.41, 5.74) is 5.93. The second-order valence-electron chi connectivity index (χ2n) is 8.47. The van der Waals surface area contributed by atoms with Crippen molar-refractivity contribution in [1.82, 2.24) is 19.0 Å². The fourth-order valence-electron chi connectivity index (χ4n) is 4.54. The second-order valence-corrected chi connectivity index (χ2v) is 10.4. The van der Waals surface area contributed by atoms with Crippen LogP contribution in [0.3, 0.4) is 0 Å². The molecule has 1 amide bonds. The van der Waals surface area contributed by atoms with Crippen molar-refractivity contribution in [3.8, 4) is 11.3 Å². The van der Waals surface area contributed by atoms with Crippen LogP contribution in [0.15, 0.2) is 71.9 Å². The molecule has 1 fully saturated rings. The quantitative estimate of drug-likeness (QED) is 0.447. The van der Waals surface area contributed by atoms with E-state index >= 15 is 0 Å². The summed E-state index contributed by atoms with van der Waals surface area (Å²) in [5, 5.41) is 6.20. The van der Waals surface area contributed by atoms with Crippen LogP contribution in [0.5, 0.6) is 0 Å². The molecule has 1 saturated heterocycles. The average Bonchev–Trinajstić information content (AvgIpc) is 3.52. The number of nitrogens with zero attached hydrogens (tertiary/aromatic N) is 3. The van der Waals surface area contributed by atoms with Crippen LogP contribution in [0.1, 0.15) is 15.9 Å². The maximum absolute atomic E-state index is 12.9. The number of aromatic nitrogens is 2. The molecule has 2 aromatic carbocycles. The molecule has 0 radical (unpaired) electrons. The largest absolute Gasteiger partial charge is 0.379 e. The summed E-state index contributed by atoms with van der Waals surface area (Å²) in [6, 6.07) is 16.5. The molecule has 0 atom stereocenters. The van der Waals surface area contributed by atoms with Crippen LogP contribution in [0.4, 0.5) is 11.4 Å². The molecule has 6 rings (SSSR count). The number of carbonyl (C=O) groups excluding carboxylic acids is 1. The van der Waals surface area contributed by atoms with Gasteiger partial charge in [0.1, 0.15) is 0 Å². The Morgan fingerprint density at radius 1 is 1.00 bits per heavy atom. The topological polar surface area (TPSA) is 105 Å². The number of amides is 1. The van der Waals surface area contributed by atoms with Gasteiger partial charge in [-0.25, -0.2) is 13.4 Å². The fourth-order valence-corrected chi connectivity index (χ4v) is 5.95. The predicted molar refractivity (Wildman–Crippen MR) is 131 cm³/mol. The van der Waals surface area contributed by atoms with Crippen molar-refractivity contribution in [2.75, 3.05) is 31.6 Å². The van der Waals surface area contributed by atoms with E-state index in [4.69, 9.17) is 4.74 Å². The highest BCUT2D eigenvalue weighted by atomic mass is 32.2. The number of hydrogen-bond acceptors (Lipinski definition) is 6. The lowest BCUT2D eigenvalue weighted by atomic mass is 10.0. The number of pyridine rings is 1. The van der Waals surface area contributed by atoms with Gasteiger partial charge in [-0.1, -0.05) is 6.07 Å². The van der Waals surface area contributed by atoms with Gasteiger partial charge in [-0.05, 0) is 59.7 Å². The molecule has 4 aromatic rings. The minimum Gasteiger partial charge on any atom is -0.379 e. The van der Waals surface area contributed by atoms with Gasteiger partial charge >= 0.3 is 0 Å². The minimum atomic E-state index is -3.54. The van der Waals surface area contributed by atoms with Gasteiger partial charge in [-0.15, -0.1) is 0 Å². The molecule has 0 aliphatic carbocycles. The highest BCUT2D eigenvalue weighted by Crippen LogP contribution is 2.30. The molecule has 2 aromatic heterocycles. The number of fused-ring (bicyclic) bond motifs is 2. The van der Waals surface area contributed by atoms with E-state index in [0.717, 1.165) is 33.8 Å². The summed E-state index contributed by atoms with van der Waals surface area (Å²) >= 11 is 0. The number of anilines is 2. The van der Waals surface area contributed by atoms with Gasteiger partial charge in [-0.3, -0.25) is 9.20 Å². The number of sulfonamides is 1. The molecule has 0 spiro atoms. The molecule has 0 bridgehead atoms. The molecule has 4 heterocycles. The van der Waals surface area contributed by atoms with Crippen molar-refractivity contribution in [1.29, 1.82) is 0 Å². The molecular formula is C25H23N5O4S. The maximum atomic E-state index is 12.9. The molecule has 0 unspecified atom stereocenters. The zero-order valence-electron chi connectivity index (χ0n) is 18.8. The van der Waals surface area contributed by atoms with E-state index in [2.05, 4.69) is 15.6 Å². The Balaban J connectivity index is 1.27. The van der Waals surface area contributed by atoms with Crippen LogP contribution >= 0.6 is 0 Å². The van der Waals surface area contributed by atoms with Crippen molar-refractivity contribution in [3.05, 3.63) is 78.1 Å². The number of hydrogen-bond donors (Lipinski definition) is 2. The van der Waals surface area contributed by atoms with Gasteiger partial charge in [0.2, 0.25) is 10.0 Å². The summed E-state index contributed by atoms with van der Waals surface area (Å²) < 4.78 is 34.5. The highest BCUT2D eigenvalue weighted by molar-refractivity contribution is 7.89. The van der Waals surface area contributed by atoms with E-state index in [0.29, 0.717) is 38.4 Å². The Labute approximate surface area is 202 Å².